The van der Waals surface area contributed by atoms with Gasteiger partial charge in [0.05, 0.1) is 18.5 Å². The molecule has 7 heteroatoms. The van der Waals surface area contributed by atoms with E-state index in [2.05, 4.69) is 67.7 Å². The highest BCUT2D eigenvalue weighted by Crippen LogP contribution is 2.14. The Hall–Kier alpha value is -2.67. The van der Waals surface area contributed by atoms with Crippen molar-refractivity contribution in [2.75, 3.05) is 0 Å². The molecule has 0 spiro atoms. The average molecular weight is 414 g/mol. The van der Waals surface area contributed by atoms with Crippen LogP contribution in [0.3, 0.4) is 0 Å². The maximum Gasteiger partial charge on any atom is 0.287 e. The summed E-state index contributed by atoms with van der Waals surface area (Å²) in [5.41, 5.74) is 8.17. The van der Waals surface area contributed by atoms with Crippen LogP contribution < -0.4 is 5.43 Å². The lowest BCUT2D eigenvalue weighted by molar-refractivity contribution is 0.0951. The van der Waals surface area contributed by atoms with Crippen LogP contribution in [0.1, 0.15) is 38.6 Å². The molecule has 0 bridgehead atoms. The number of H-pyrrole nitrogens is 1. The third kappa shape index (κ3) is 4.11. The first-order valence-corrected chi connectivity index (χ1v) is 9.00. The molecule has 2 aromatic heterocycles. The van der Waals surface area contributed by atoms with Crippen LogP contribution in [-0.2, 0) is 6.54 Å². The summed E-state index contributed by atoms with van der Waals surface area (Å²) in [4.78, 5) is 14.9. The fraction of sp³-hybridized carbons (Fsp3) is 0.211. The lowest BCUT2D eigenvalue weighted by Crippen LogP contribution is -2.18. The number of aromatic nitrogens is 3. The van der Waals surface area contributed by atoms with E-state index in [1.165, 1.54) is 11.1 Å². The minimum Gasteiger partial charge on any atom is -0.356 e. The van der Waals surface area contributed by atoms with Crippen LogP contribution >= 0.6 is 15.9 Å². The lowest BCUT2D eigenvalue weighted by atomic mass is 10.1. The van der Waals surface area contributed by atoms with Gasteiger partial charge < -0.3 is 4.98 Å². The number of nitrogens with zero attached hydrogens (tertiary/aromatic N) is 3. The number of halogens is 1. The summed E-state index contributed by atoms with van der Waals surface area (Å²) in [6.45, 7) is 6.70. The van der Waals surface area contributed by atoms with Crippen LogP contribution in [0.5, 0.6) is 0 Å². The van der Waals surface area contributed by atoms with Gasteiger partial charge in [-0.15, -0.1) is 0 Å². The van der Waals surface area contributed by atoms with E-state index >= 15 is 0 Å². The third-order valence-electron chi connectivity index (χ3n) is 4.14. The molecule has 0 unspecified atom stereocenters. The van der Waals surface area contributed by atoms with Gasteiger partial charge in [0.15, 0.2) is 0 Å². The van der Waals surface area contributed by atoms with Gasteiger partial charge in [0, 0.05) is 21.9 Å². The topological polar surface area (TPSA) is 75.1 Å². The van der Waals surface area contributed by atoms with Crippen LogP contribution in [0.15, 0.2) is 46.1 Å². The number of hydrogen-bond donors (Lipinski definition) is 2. The molecule has 6 nitrogen and oxygen atoms in total. The molecule has 0 aliphatic carbocycles. The van der Waals surface area contributed by atoms with E-state index < -0.39 is 0 Å². The quantitative estimate of drug-likeness (QED) is 0.494. The van der Waals surface area contributed by atoms with Crippen molar-refractivity contribution in [3.05, 3.63) is 74.8 Å². The molecule has 0 aliphatic rings. The summed E-state index contributed by atoms with van der Waals surface area (Å²) in [5.74, 6) is -0.297. The van der Waals surface area contributed by atoms with Gasteiger partial charge >= 0.3 is 0 Å². The van der Waals surface area contributed by atoms with Gasteiger partial charge in [0.25, 0.3) is 5.91 Å². The van der Waals surface area contributed by atoms with Crippen molar-refractivity contribution in [2.45, 2.75) is 27.3 Å². The van der Waals surface area contributed by atoms with Gasteiger partial charge in [-0.2, -0.15) is 10.2 Å². The van der Waals surface area contributed by atoms with E-state index in [4.69, 9.17) is 0 Å². The number of carbonyl (C=O) groups excluding carboxylic acids is 1. The van der Waals surface area contributed by atoms with Gasteiger partial charge in [-0.05, 0) is 48.3 Å². The molecule has 0 atom stereocenters. The number of carbonyl (C=O) groups is 1. The average Bonchev–Trinajstić information content (AvgIpc) is 3.15. The van der Waals surface area contributed by atoms with Crippen molar-refractivity contribution >= 4 is 28.1 Å². The van der Waals surface area contributed by atoms with E-state index in [1.54, 1.807) is 18.5 Å². The fourth-order valence-electron chi connectivity index (χ4n) is 2.63. The van der Waals surface area contributed by atoms with E-state index in [1.807, 2.05) is 18.5 Å². The number of aromatic amines is 1. The van der Waals surface area contributed by atoms with Crippen LogP contribution in [0.4, 0.5) is 0 Å². The van der Waals surface area contributed by atoms with E-state index in [-0.39, 0.29) is 5.91 Å². The molecular weight excluding hydrogens is 394 g/mol. The summed E-state index contributed by atoms with van der Waals surface area (Å²) in [6, 6.07) is 10.1. The molecule has 0 saturated heterocycles. The van der Waals surface area contributed by atoms with Crippen LogP contribution in [0.25, 0.3) is 0 Å². The molecule has 0 saturated carbocycles. The Morgan fingerprint density at radius 3 is 2.69 bits per heavy atom. The third-order valence-corrected chi connectivity index (χ3v) is 4.60. The molecule has 26 heavy (non-hydrogen) atoms. The van der Waals surface area contributed by atoms with Gasteiger partial charge in [0.2, 0.25) is 0 Å². The molecule has 3 rings (SSSR count). The summed E-state index contributed by atoms with van der Waals surface area (Å²) >= 11 is 3.30. The predicted octanol–water partition coefficient (Wildman–Crippen LogP) is 3.71. The number of benzene rings is 1. The second-order valence-corrected chi connectivity index (χ2v) is 7.07. The Balaban J connectivity index is 1.71. The second-order valence-electron chi connectivity index (χ2n) is 6.16. The first kappa shape index (κ1) is 18.1. The maximum atomic E-state index is 12.0. The van der Waals surface area contributed by atoms with Gasteiger partial charge in [0.1, 0.15) is 5.69 Å². The SMILES string of the molecule is Cc1ccc(Cn2nc(C)c(/C=N\NC(=O)c3cc(Br)c[nH]3)c2C)cc1. The molecule has 134 valence electrons. The number of aryl methyl sites for hydroxylation is 2. The van der Waals surface area contributed by atoms with Crippen molar-refractivity contribution in [1.29, 1.82) is 0 Å². The molecule has 1 aromatic carbocycles. The fourth-order valence-corrected chi connectivity index (χ4v) is 2.98. The number of rotatable bonds is 5. The number of hydrogen-bond acceptors (Lipinski definition) is 3. The van der Waals surface area contributed by atoms with Gasteiger partial charge in [-0.25, -0.2) is 5.43 Å². The Bertz CT molecular complexity index is 953. The zero-order valence-corrected chi connectivity index (χ0v) is 16.5. The first-order chi connectivity index (χ1) is 12.4. The largest absolute Gasteiger partial charge is 0.356 e. The normalized spacial score (nSPS) is 11.2. The smallest absolute Gasteiger partial charge is 0.287 e. The van der Waals surface area contributed by atoms with Crippen LogP contribution in [-0.4, -0.2) is 26.9 Å². The molecule has 3 aromatic rings. The summed E-state index contributed by atoms with van der Waals surface area (Å²) in [6.07, 6.45) is 3.33. The van der Waals surface area contributed by atoms with E-state index in [0.717, 1.165) is 21.4 Å². The van der Waals surface area contributed by atoms with Crippen molar-refractivity contribution < 1.29 is 4.79 Å². The molecule has 0 radical (unpaired) electrons. The maximum absolute atomic E-state index is 12.0. The second kappa shape index (κ2) is 7.70. The van der Waals surface area contributed by atoms with Gasteiger partial charge in [-0.1, -0.05) is 29.8 Å². The lowest BCUT2D eigenvalue weighted by Gasteiger charge is -2.05. The van der Waals surface area contributed by atoms with Crippen molar-refractivity contribution in [2.24, 2.45) is 5.10 Å². The van der Waals surface area contributed by atoms with Crippen molar-refractivity contribution in [3.63, 3.8) is 0 Å². The highest BCUT2D eigenvalue weighted by Gasteiger charge is 2.11. The zero-order valence-electron chi connectivity index (χ0n) is 14.9. The molecule has 1 amide bonds. The monoisotopic (exact) mass is 413 g/mol. The van der Waals surface area contributed by atoms with E-state index in [0.29, 0.717) is 12.2 Å². The zero-order chi connectivity index (χ0) is 18.7. The molecular formula is C19H20BrN5O. The number of nitrogens with one attached hydrogen (secondary N) is 2. The van der Waals surface area contributed by atoms with Crippen molar-refractivity contribution in [3.8, 4) is 0 Å². The summed E-state index contributed by atoms with van der Waals surface area (Å²) in [5, 5.41) is 8.66. The molecule has 2 N–H and O–H groups in total. The van der Waals surface area contributed by atoms with Crippen LogP contribution in [0.2, 0.25) is 0 Å². The highest BCUT2D eigenvalue weighted by molar-refractivity contribution is 9.10. The Kier molecular flexibility index (Phi) is 5.37. The molecule has 0 fully saturated rings. The molecule has 2 heterocycles. The summed E-state index contributed by atoms with van der Waals surface area (Å²) < 4.78 is 2.77. The van der Waals surface area contributed by atoms with E-state index in [9.17, 15) is 4.79 Å². The minimum atomic E-state index is -0.297. The number of amides is 1. The highest BCUT2D eigenvalue weighted by atomic mass is 79.9. The van der Waals surface area contributed by atoms with Gasteiger partial charge in [-0.3, -0.25) is 9.48 Å². The predicted molar refractivity (Wildman–Crippen MR) is 106 cm³/mol. The Labute approximate surface area is 160 Å². The van der Waals surface area contributed by atoms with Crippen LogP contribution in [0, 0.1) is 20.8 Å². The summed E-state index contributed by atoms with van der Waals surface area (Å²) in [7, 11) is 0. The Morgan fingerprint density at radius 1 is 1.31 bits per heavy atom. The minimum absolute atomic E-state index is 0.297. The van der Waals surface area contributed by atoms with Crippen molar-refractivity contribution in [1.82, 2.24) is 20.2 Å². The first-order valence-electron chi connectivity index (χ1n) is 8.21. The Morgan fingerprint density at radius 2 is 2.04 bits per heavy atom. The standard InChI is InChI=1S/C19H20BrN5O/c1-12-4-6-15(7-5-12)11-25-14(3)17(13(2)24-25)10-22-23-19(26)18-8-16(20)9-21-18/h4-10,21H,11H2,1-3H3,(H,23,26)/b22-10-. The molecule has 0 aliphatic heterocycles. The number of hydrazone groups is 1.